The number of hydrogen-bond donors (Lipinski definition) is 2. The maximum absolute atomic E-state index is 12.8. The van der Waals surface area contributed by atoms with Crippen molar-refractivity contribution in [2.45, 2.75) is 24.8 Å². The van der Waals surface area contributed by atoms with Crippen LogP contribution in [0.4, 0.5) is 16.2 Å². The Morgan fingerprint density at radius 1 is 0.962 bits per heavy atom. The van der Waals surface area contributed by atoms with E-state index in [1.165, 1.54) is 10.7 Å². The third-order valence-corrected chi connectivity index (χ3v) is 5.24. The first-order valence-corrected chi connectivity index (χ1v) is 8.92. The molecular weight excluding hydrogens is 328 g/mol. The first kappa shape index (κ1) is 16.4. The van der Waals surface area contributed by atoms with Gasteiger partial charge < -0.3 is 10.2 Å². The zero-order chi connectivity index (χ0) is 18.0. The molecule has 6 heteroatoms. The van der Waals surface area contributed by atoms with Gasteiger partial charge in [0, 0.05) is 24.5 Å². The molecule has 0 unspecified atom stereocenters. The molecule has 2 aromatic rings. The molecule has 0 atom stereocenters. The molecule has 134 valence electrons. The van der Waals surface area contributed by atoms with Gasteiger partial charge in [-0.25, -0.2) is 9.80 Å². The van der Waals surface area contributed by atoms with E-state index in [1.807, 2.05) is 48.5 Å². The van der Waals surface area contributed by atoms with Gasteiger partial charge in [0.1, 0.15) is 0 Å². The number of carbonyl (C=O) groups is 2. The van der Waals surface area contributed by atoms with Gasteiger partial charge in [0.05, 0.1) is 12.0 Å². The number of carbonyl (C=O) groups excluding carboxylic acids is 2. The second-order valence-electron chi connectivity index (χ2n) is 6.89. The van der Waals surface area contributed by atoms with Crippen LogP contribution in [0.2, 0.25) is 0 Å². The van der Waals surface area contributed by atoms with Crippen molar-refractivity contribution in [3.8, 4) is 0 Å². The van der Waals surface area contributed by atoms with E-state index in [-0.39, 0.29) is 11.9 Å². The molecule has 2 heterocycles. The van der Waals surface area contributed by atoms with Crippen molar-refractivity contribution in [1.82, 2.24) is 10.4 Å². The van der Waals surface area contributed by atoms with Crippen LogP contribution in [0.3, 0.4) is 0 Å². The molecule has 26 heavy (non-hydrogen) atoms. The second-order valence-corrected chi connectivity index (χ2v) is 6.89. The maximum Gasteiger partial charge on any atom is 0.341 e. The Morgan fingerprint density at radius 2 is 1.58 bits per heavy atom. The van der Waals surface area contributed by atoms with Crippen LogP contribution in [0.15, 0.2) is 60.7 Å². The number of amides is 3. The van der Waals surface area contributed by atoms with Gasteiger partial charge >= 0.3 is 6.03 Å². The summed E-state index contributed by atoms with van der Waals surface area (Å²) in [7, 11) is 0. The summed E-state index contributed by atoms with van der Waals surface area (Å²) >= 11 is 0. The minimum absolute atomic E-state index is 0.0960. The summed E-state index contributed by atoms with van der Waals surface area (Å²) in [6.45, 7) is 1.63. The number of hydrazine groups is 1. The van der Waals surface area contributed by atoms with E-state index in [4.69, 9.17) is 0 Å². The van der Waals surface area contributed by atoms with E-state index in [0.29, 0.717) is 6.42 Å². The second kappa shape index (κ2) is 6.71. The summed E-state index contributed by atoms with van der Waals surface area (Å²) in [5.74, 6) is -0.0960. The average molecular weight is 350 g/mol. The summed E-state index contributed by atoms with van der Waals surface area (Å²) in [5, 5.41) is 4.40. The van der Waals surface area contributed by atoms with Crippen LogP contribution in [-0.4, -0.2) is 35.6 Å². The van der Waals surface area contributed by atoms with Crippen LogP contribution >= 0.6 is 0 Å². The lowest BCUT2D eigenvalue weighted by atomic mass is 9.84. The SMILES string of the molecule is O=C1CC2(CCN(c3ccccc3)CC2)N(C(=O)Nc2ccccc2)N1. The van der Waals surface area contributed by atoms with E-state index in [9.17, 15) is 9.59 Å². The number of hydrogen-bond acceptors (Lipinski definition) is 3. The molecule has 2 aliphatic rings. The number of anilines is 2. The highest BCUT2D eigenvalue weighted by atomic mass is 16.2. The van der Waals surface area contributed by atoms with Gasteiger partial charge in [-0.1, -0.05) is 36.4 Å². The fraction of sp³-hybridized carbons (Fsp3) is 0.300. The maximum atomic E-state index is 12.8. The Hall–Kier alpha value is -3.02. The standard InChI is InChI=1S/C20H22N4O2/c25-18-15-20(11-13-23(14-12-20)17-9-5-2-6-10-17)24(22-18)19(26)21-16-7-3-1-4-8-16/h1-10H,11-15H2,(H,21,26)(H,22,25). The van der Waals surface area contributed by atoms with E-state index in [1.54, 1.807) is 0 Å². The highest BCUT2D eigenvalue weighted by Crippen LogP contribution is 2.36. The van der Waals surface area contributed by atoms with E-state index >= 15 is 0 Å². The van der Waals surface area contributed by atoms with Crippen molar-refractivity contribution in [1.29, 1.82) is 0 Å². The molecule has 4 rings (SSSR count). The van der Waals surface area contributed by atoms with Crippen LogP contribution < -0.4 is 15.6 Å². The van der Waals surface area contributed by atoms with E-state index < -0.39 is 5.54 Å². The van der Waals surface area contributed by atoms with Crippen LogP contribution in [0, 0.1) is 0 Å². The predicted molar refractivity (Wildman–Crippen MR) is 101 cm³/mol. The highest BCUT2D eigenvalue weighted by Gasteiger charge is 2.49. The molecule has 0 saturated carbocycles. The Bertz CT molecular complexity index is 786. The summed E-state index contributed by atoms with van der Waals surface area (Å²) in [5.41, 5.74) is 4.19. The minimum atomic E-state index is -0.457. The lowest BCUT2D eigenvalue weighted by Crippen LogP contribution is -2.58. The molecule has 0 aromatic heterocycles. The fourth-order valence-electron chi connectivity index (χ4n) is 3.85. The van der Waals surface area contributed by atoms with Crippen LogP contribution in [0.25, 0.3) is 0 Å². The Labute approximate surface area is 152 Å². The van der Waals surface area contributed by atoms with Crippen LogP contribution in [0.1, 0.15) is 19.3 Å². The first-order valence-electron chi connectivity index (χ1n) is 8.92. The van der Waals surface area contributed by atoms with Gasteiger partial charge in [0.2, 0.25) is 5.91 Å². The molecule has 0 radical (unpaired) electrons. The summed E-state index contributed by atoms with van der Waals surface area (Å²) in [6, 6.07) is 19.3. The molecule has 2 N–H and O–H groups in total. The number of nitrogens with zero attached hydrogens (tertiary/aromatic N) is 2. The zero-order valence-electron chi connectivity index (χ0n) is 14.5. The Morgan fingerprint density at radius 3 is 2.23 bits per heavy atom. The molecule has 2 aromatic carbocycles. The highest BCUT2D eigenvalue weighted by molar-refractivity contribution is 5.94. The number of piperidine rings is 1. The van der Waals surface area contributed by atoms with Gasteiger partial charge in [-0.05, 0) is 37.1 Å². The van der Waals surface area contributed by atoms with E-state index in [2.05, 4.69) is 27.8 Å². The largest absolute Gasteiger partial charge is 0.371 e. The quantitative estimate of drug-likeness (QED) is 0.875. The zero-order valence-corrected chi connectivity index (χ0v) is 14.5. The van der Waals surface area contributed by atoms with Crippen molar-refractivity contribution in [2.75, 3.05) is 23.3 Å². The molecule has 3 amide bonds. The summed E-state index contributed by atoms with van der Waals surface area (Å²) in [4.78, 5) is 27.2. The topological polar surface area (TPSA) is 64.7 Å². The normalized spacial score (nSPS) is 18.7. The van der Waals surface area contributed by atoms with Crippen LogP contribution in [-0.2, 0) is 4.79 Å². The van der Waals surface area contributed by atoms with Crippen molar-refractivity contribution < 1.29 is 9.59 Å². The number of nitrogens with one attached hydrogen (secondary N) is 2. The van der Waals surface area contributed by atoms with E-state index in [0.717, 1.165) is 31.6 Å². The van der Waals surface area contributed by atoms with Gasteiger partial charge in [-0.3, -0.25) is 10.2 Å². The number of urea groups is 1. The third kappa shape index (κ3) is 3.10. The van der Waals surface area contributed by atoms with Crippen molar-refractivity contribution in [2.24, 2.45) is 0 Å². The van der Waals surface area contributed by atoms with Gasteiger partial charge in [0.25, 0.3) is 0 Å². The Balaban J connectivity index is 1.48. The molecule has 0 aliphatic carbocycles. The predicted octanol–water partition coefficient (Wildman–Crippen LogP) is 2.99. The molecule has 0 bridgehead atoms. The lowest BCUT2D eigenvalue weighted by molar-refractivity contribution is -0.120. The molecule has 1 spiro atoms. The molecule has 2 aliphatic heterocycles. The molecule has 6 nitrogen and oxygen atoms in total. The number of benzene rings is 2. The monoisotopic (exact) mass is 350 g/mol. The number of rotatable bonds is 2. The van der Waals surface area contributed by atoms with Crippen molar-refractivity contribution in [3.05, 3.63) is 60.7 Å². The van der Waals surface area contributed by atoms with Gasteiger partial charge in [-0.15, -0.1) is 0 Å². The smallest absolute Gasteiger partial charge is 0.341 e. The molecular formula is C20H22N4O2. The fourth-order valence-corrected chi connectivity index (χ4v) is 3.85. The van der Waals surface area contributed by atoms with Crippen LogP contribution in [0.5, 0.6) is 0 Å². The third-order valence-electron chi connectivity index (χ3n) is 5.24. The summed E-state index contributed by atoms with van der Waals surface area (Å²) in [6.07, 6.45) is 1.86. The lowest BCUT2D eigenvalue weighted by Gasteiger charge is -2.43. The first-order chi connectivity index (χ1) is 12.7. The average Bonchev–Trinajstić information content (AvgIpc) is 3.00. The van der Waals surface area contributed by atoms with Gasteiger partial charge in [-0.2, -0.15) is 0 Å². The van der Waals surface area contributed by atoms with Gasteiger partial charge in [0.15, 0.2) is 0 Å². The summed E-state index contributed by atoms with van der Waals surface area (Å²) < 4.78 is 0. The van der Waals surface area contributed by atoms with Crippen molar-refractivity contribution >= 4 is 23.3 Å². The van der Waals surface area contributed by atoms with Crippen molar-refractivity contribution in [3.63, 3.8) is 0 Å². The Kier molecular flexibility index (Phi) is 4.24. The molecule has 2 saturated heterocycles. The number of para-hydroxylation sites is 2. The molecule has 2 fully saturated rings. The minimum Gasteiger partial charge on any atom is -0.371 e.